The Morgan fingerprint density at radius 1 is 1.38 bits per heavy atom. The molecule has 0 atom stereocenters. The maximum atomic E-state index is 5.45. The first-order valence-electron chi connectivity index (χ1n) is 5.36. The second-order valence-corrected chi connectivity index (χ2v) is 4.18. The topological polar surface area (TPSA) is 73.1 Å². The van der Waals surface area contributed by atoms with E-state index in [-0.39, 0.29) is 0 Å². The van der Waals surface area contributed by atoms with E-state index in [2.05, 4.69) is 22.3 Å². The molecule has 0 aliphatic carbocycles. The molecule has 0 radical (unpaired) electrons. The quantitative estimate of drug-likeness (QED) is 0.599. The highest BCUT2D eigenvalue weighted by Gasteiger charge is 2.25. The number of aromatic nitrogens is 2. The minimum Gasteiger partial charge on any atom is -0.371 e. The molecule has 90 valence electrons. The summed E-state index contributed by atoms with van der Waals surface area (Å²) < 4.78 is 5.37. The van der Waals surface area contributed by atoms with E-state index in [9.17, 15) is 0 Å². The largest absolute Gasteiger partial charge is 0.371 e. The highest BCUT2D eigenvalue weighted by molar-refractivity contribution is 5.45. The third-order valence-electron chi connectivity index (χ3n) is 2.77. The van der Waals surface area contributed by atoms with Crippen molar-refractivity contribution in [3.05, 3.63) is 17.1 Å². The van der Waals surface area contributed by atoms with Gasteiger partial charge in [0.2, 0.25) is 0 Å². The van der Waals surface area contributed by atoms with Crippen LogP contribution in [0.2, 0.25) is 0 Å². The van der Waals surface area contributed by atoms with Gasteiger partial charge in [0.05, 0.1) is 0 Å². The number of ether oxygens (including phenoxy) is 1. The van der Waals surface area contributed by atoms with Gasteiger partial charge in [-0.25, -0.2) is 15.8 Å². The molecule has 1 aromatic heterocycles. The van der Waals surface area contributed by atoms with Gasteiger partial charge in [0.25, 0.3) is 0 Å². The van der Waals surface area contributed by atoms with E-state index in [1.807, 2.05) is 20.8 Å². The first kappa shape index (κ1) is 12.9. The highest BCUT2D eigenvalue weighted by Crippen LogP contribution is 2.24. The molecule has 5 heteroatoms. The monoisotopic (exact) mass is 224 g/mol. The van der Waals surface area contributed by atoms with Crippen LogP contribution in [0.3, 0.4) is 0 Å². The van der Waals surface area contributed by atoms with Gasteiger partial charge in [-0.3, -0.25) is 0 Å². The van der Waals surface area contributed by atoms with Crippen molar-refractivity contribution in [1.82, 2.24) is 9.97 Å². The zero-order valence-electron chi connectivity index (χ0n) is 10.6. The summed E-state index contributed by atoms with van der Waals surface area (Å²) >= 11 is 0. The molecule has 0 aromatic carbocycles. The van der Waals surface area contributed by atoms with Crippen LogP contribution in [-0.4, -0.2) is 17.1 Å². The number of hydrogen-bond acceptors (Lipinski definition) is 5. The fourth-order valence-corrected chi connectivity index (χ4v) is 1.41. The third kappa shape index (κ3) is 2.31. The van der Waals surface area contributed by atoms with Crippen molar-refractivity contribution >= 4 is 5.82 Å². The Hall–Kier alpha value is -1.20. The zero-order valence-corrected chi connectivity index (χ0v) is 10.6. The molecule has 1 aromatic rings. The number of nitrogens with one attached hydrogen (secondary N) is 1. The van der Waals surface area contributed by atoms with Crippen LogP contribution in [0.5, 0.6) is 0 Å². The first-order valence-corrected chi connectivity index (χ1v) is 5.36. The number of anilines is 1. The van der Waals surface area contributed by atoms with E-state index in [1.165, 1.54) is 0 Å². The number of aryl methyl sites for hydroxylation is 1. The van der Waals surface area contributed by atoms with Gasteiger partial charge in [-0.05, 0) is 27.2 Å². The fourth-order valence-electron chi connectivity index (χ4n) is 1.41. The lowest BCUT2D eigenvalue weighted by Gasteiger charge is -2.23. The van der Waals surface area contributed by atoms with Crippen LogP contribution in [0.15, 0.2) is 0 Å². The zero-order chi connectivity index (χ0) is 12.3. The van der Waals surface area contributed by atoms with E-state index < -0.39 is 5.60 Å². The second kappa shape index (κ2) is 4.76. The summed E-state index contributed by atoms with van der Waals surface area (Å²) in [6, 6.07) is 0. The molecule has 0 saturated heterocycles. The highest BCUT2D eigenvalue weighted by atomic mass is 16.5. The second-order valence-electron chi connectivity index (χ2n) is 4.18. The molecule has 0 fully saturated rings. The predicted molar refractivity (Wildman–Crippen MR) is 64.0 cm³/mol. The standard InChI is InChI=1S/C11H20N4O/c1-6-8-7(2)9(15-12)14-10(13-8)11(3,4)16-5/h6,12H2,1-5H3,(H,13,14,15). The Bertz CT molecular complexity index is 351. The SMILES string of the molecule is CCc1nc(C(C)(C)OC)nc(NN)c1C. The van der Waals surface area contributed by atoms with E-state index in [4.69, 9.17) is 10.6 Å². The summed E-state index contributed by atoms with van der Waals surface area (Å²) in [4.78, 5) is 8.88. The minimum atomic E-state index is -0.511. The number of nitrogens with two attached hydrogens (primary N) is 1. The summed E-state index contributed by atoms with van der Waals surface area (Å²) in [5, 5.41) is 0. The molecule has 3 N–H and O–H groups in total. The molecule has 0 bridgehead atoms. The first-order chi connectivity index (χ1) is 7.46. The molecular formula is C11H20N4O. The minimum absolute atomic E-state index is 0.511. The lowest BCUT2D eigenvalue weighted by atomic mass is 10.1. The molecule has 0 spiro atoms. The van der Waals surface area contributed by atoms with E-state index in [0.29, 0.717) is 11.6 Å². The summed E-state index contributed by atoms with van der Waals surface area (Å²) in [7, 11) is 1.64. The van der Waals surface area contributed by atoms with E-state index >= 15 is 0 Å². The van der Waals surface area contributed by atoms with Gasteiger partial charge in [0.15, 0.2) is 5.82 Å². The Morgan fingerprint density at radius 3 is 2.44 bits per heavy atom. The lowest BCUT2D eigenvalue weighted by molar-refractivity contribution is 0.0114. The van der Waals surface area contributed by atoms with Crippen LogP contribution in [0.25, 0.3) is 0 Å². The molecule has 0 unspecified atom stereocenters. The van der Waals surface area contributed by atoms with Crippen LogP contribution in [0.1, 0.15) is 37.9 Å². The Morgan fingerprint density at radius 2 is 2.00 bits per heavy atom. The van der Waals surface area contributed by atoms with Crippen LogP contribution in [-0.2, 0) is 16.8 Å². The van der Waals surface area contributed by atoms with Crippen LogP contribution >= 0.6 is 0 Å². The van der Waals surface area contributed by atoms with Crippen molar-refractivity contribution in [1.29, 1.82) is 0 Å². The summed E-state index contributed by atoms with van der Waals surface area (Å²) in [5.41, 5.74) is 4.06. The lowest BCUT2D eigenvalue weighted by Crippen LogP contribution is -2.25. The van der Waals surface area contributed by atoms with Gasteiger partial charge in [0.1, 0.15) is 11.4 Å². The van der Waals surface area contributed by atoms with Crippen molar-refractivity contribution < 1.29 is 4.74 Å². The van der Waals surface area contributed by atoms with Gasteiger partial charge < -0.3 is 10.2 Å². The number of hydrazine groups is 1. The van der Waals surface area contributed by atoms with E-state index in [0.717, 1.165) is 17.7 Å². The van der Waals surface area contributed by atoms with Gasteiger partial charge >= 0.3 is 0 Å². The van der Waals surface area contributed by atoms with Crippen molar-refractivity contribution in [2.24, 2.45) is 5.84 Å². The maximum absolute atomic E-state index is 5.45. The molecule has 1 heterocycles. The van der Waals surface area contributed by atoms with Gasteiger partial charge in [0, 0.05) is 18.4 Å². The number of rotatable bonds is 4. The normalized spacial score (nSPS) is 11.6. The molecule has 16 heavy (non-hydrogen) atoms. The van der Waals surface area contributed by atoms with Crippen LogP contribution < -0.4 is 11.3 Å². The number of nitrogens with zero attached hydrogens (tertiary/aromatic N) is 2. The van der Waals surface area contributed by atoms with Crippen molar-refractivity contribution in [3.8, 4) is 0 Å². The molecule has 0 aliphatic heterocycles. The number of hydrogen-bond donors (Lipinski definition) is 2. The molecule has 0 aliphatic rings. The van der Waals surface area contributed by atoms with Crippen LogP contribution in [0, 0.1) is 6.92 Å². The van der Waals surface area contributed by atoms with E-state index in [1.54, 1.807) is 7.11 Å². The Kier molecular flexibility index (Phi) is 3.83. The fraction of sp³-hybridized carbons (Fsp3) is 0.636. The molecular weight excluding hydrogens is 204 g/mol. The van der Waals surface area contributed by atoms with Crippen molar-refractivity contribution in [2.75, 3.05) is 12.5 Å². The molecule has 0 saturated carbocycles. The average molecular weight is 224 g/mol. The Balaban J connectivity index is 3.32. The summed E-state index contributed by atoms with van der Waals surface area (Å²) in [6.07, 6.45) is 0.843. The van der Waals surface area contributed by atoms with Gasteiger partial charge in [-0.15, -0.1) is 0 Å². The molecule has 1 rings (SSSR count). The van der Waals surface area contributed by atoms with Crippen LogP contribution in [0.4, 0.5) is 5.82 Å². The average Bonchev–Trinajstić information content (AvgIpc) is 2.29. The van der Waals surface area contributed by atoms with Gasteiger partial charge in [-0.2, -0.15) is 0 Å². The molecule has 0 amide bonds. The van der Waals surface area contributed by atoms with Crippen molar-refractivity contribution in [3.63, 3.8) is 0 Å². The molecule has 5 nitrogen and oxygen atoms in total. The summed E-state index contributed by atoms with van der Waals surface area (Å²) in [6.45, 7) is 7.87. The smallest absolute Gasteiger partial charge is 0.162 e. The Labute approximate surface area is 96.4 Å². The predicted octanol–water partition coefficient (Wildman–Crippen LogP) is 1.51. The van der Waals surface area contributed by atoms with Crippen molar-refractivity contribution in [2.45, 2.75) is 39.7 Å². The number of methoxy groups -OCH3 is 1. The maximum Gasteiger partial charge on any atom is 0.162 e. The summed E-state index contributed by atoms with van der Waals surface area (Å²) in [5.74, 6) is 6.75. The van der Waals surface area contributed by atoms with Gasteiger partial charge in [-0.1, -0.05) is 6.92 Å². The number of nitrogen functional groups attached to an aromatic ring is 1. The third-order valence-corrected chi connectivity index (χ3v) is 2.77.